The van der Waals surface area contributed by atoms with Gasteiger partial charge in [-0.1, -0.05) is 42.1 Å². The third-order valence-corrected chi connectivity index (χ3v) is 5.60. The van der Waals surface area contributed by atoms with E-state index in [4.69, 9.17) is 0 Å². The third-order valence-electron chi connectivity index (χ3n) is 4.52. The van der Waals surface area contributed by atoms with Crippen LogP contribution in [0.2, 0.25) is 0 Å². The molecule has 1 atom stereocenters. The van der Waals surface area contributed by atoms with E-state index in [-0.39, 0.29) is 16.8 Å². The van der Waals surface area contributed by atoms with Crippen LogP contribution >= 0.6 is 11.8 Å². The molecule has 2 aromatic carbocycles. The van der Waals surface area contributed by atoms with Gasteiger partial charge in [-0.15, -0.1) is 10.2 Å². The minimum Gasteiger partial charge on any atom is -0.325 e. The zero-order valence-corrected chi connectivity index (χ0v) is 16.8. The molecule has 0 saturated carbocycles. The maximum Gasteiger partial charge on any atom is 0.323 e. The molecule has 148 valence electrons. The summed E-state index contributed by atoms with van der Waals surface area (Å²) in [5.74, 6) is 0.643. The summed E-state index contributed by atoms with van der Waals surface area (Å²) in [6.45, 7) is 4.37. The maximum absolute atomic E-state index is 12.7. The van der Waals surface area contributed by atoms with Crippen molar-refractivity contribution < 1.29 is 4.79 Å². The Balaban J connectivity index is 1.46. The van der Waals surface area contributed by atoms with Crippen LogP contribution in [0.25, 0.3) is 11.0 Å². The van der Waals surface area contributed by atoms with Gasteiger partial charge >= 0.3 is 5.69 Å². The number of thioether (sulfide) groups is 1. The molecular weight excluding hydrogens is 388 g/mol. The van der Waals surface area contributed by atoms with Crippen molar-refractivity contribution in [3.63, 3.8) is 0 Å². The first-order valence-corrected chi connectivity index (χ1v) is 10.0. The van der Waals surface area contributed by atoms with E-state index < -0.39 is 0 Å². The largest absolute Gasteiger partial charge is 0.325 e. The van der Waals surface area contributed by atoms with Crippen LogP contribution in [0.3, 0.4) is 0 Å². The second-order valence-corrected chi connectivity index (χ2v) is 8.00. The summed E-state index contributed by atoms with van der Waals surface area (Å²) in [4.78, 5) is 29.4. The molecular formula is C20H20N6O2S. The van der Waals surface area contributed by atoms with Gasteiger partial charge in [-0.2, -0.15) is 0 Å². The monoisotopic (exact) mass is 408 g/mol. The zero-order valence-electron chi connectivity index (χ0n) is 16.0. The summed E-state index contributed by atoms with van der Waals surface area (Å²) in [7, 11) is 0. The van der Waals surface area contributed by atoms with Crippen LogP contribution in [-0.4, -0.2) is 35.9 Å². The normalized spacial score (nSPS) is 12.2. The number of hydrogen-bond acceptors (Lipinski definition) is 5. The topological polar surface area (TPSA) is 108 Å². The molecule has 29 heavy (non-hydrogen) atoms. The molecule has 0 fully saturated rings. The fraction of sp³-hybridized carbons (Fsp3) is 0.200. The summed E-state index contributed by atoms with van der Waals surface area (Å²) in [6, 6.07) is 15.3. The van der Waals surface area contributed by atoms with Crippen LogP contribution < -0.4 is 11.0 Å². The van der Waals surface area contributed by atoms with Gasteiger partial charge in [0.25, 0.3) is 0 Å². The maximum atomic E-state index is 12.7. The summed E-state index contributed by atoms with van der Waals surface area (Å²) in [5.41, 5.74) is 2.82. The van der Waals surface area contributed by atoms with Crippen molar-refractivity contribution >= 4 is 34.4 Å². The van der Waals surface area contributed by atoms with Crippen molar-refractivity contribution in [2.45, 2.75) is 30.8 Å². The smallest absolute Gasteiger partial charge is 0.323 e. The number of nitrogens with one attached hydrogen (secondary N) is 3. The Kier molecular flexibility index (Phi) is 5.22. The number of aryl methyl sites for hydroxylation is 1. The first kappa shape index (κ1) is 19.0. The average Bonchev–Trinajstić information content (AvgIpc) is 3.24. The second kappa shape index (κ2) is 7.96. The van der Waals surface area contributed by atoms with E-state index in [0.717, 1.165) is 11.4 Å². The quantitative estimate of drug-likeness (QED) is 0.425. The summed E-state index contributed by atoms with van der Waals surface area (Å²) in [5, 5.41) is 11.6. The Morgan fingerprint density at radius 3 is 2.69 bits per heavy atom. The minimum atomic E-state index is -0.380. The van der Waals surface area contributed by atoms with E-state index in [1.807, 2.05) is 48.7 Å². The lowest BCUT2D eigenvalue weighted by atomic mass is 10.2. The van der Waals surface area contributed by atoms with Gasteiger partial charge in [0.1, 0.15) is 5.82 Å². The number of hydrogen-bond donors (Lipinski definition) is 3. The van der Waals surface area contributed by atoms with Crippen LogP contribution in [0, 0.1) is 6.92 Å². The van der Waals surface area contributed by atoms with E-state index in [9.17, 15) is 9.59 Å². The molecule has 2 aromatic heterocycles. The lowest BCUT2D eigenvalue weighted by Crippen LogP contribution is -2.23. The van der Waals surface area contributed by atoms with Gasteiger partial charge in [0.05, 0.1) is 22.8 Å². The highest BCUT2D eigenvalue weighted by molar-refractivity contribution is 8.00. The number of fused-ring (bicyclic) bond motifs is 1. The van der Waals surface area contributed by atoms with Gasteiger partial charge in [-0.05, 0) is 37.6 Å². The Morgan fingerprint density at radius 1 is 1.14 bits per heavy atom. The lowest BCUT2D eigenvalue weighted by Gasteiger charge is -2.13. The number of amides is 1. The standard InChI is InChI=1S/C20H20N6O2S/c1-12(18(27)21-15-8-9-16-17(10-15)23-19(28)22-16)29-20-25-24-13(2)26(20)11-14-6-4-3-5-7-14/h3-10,12H,11H2,1-2H3,(H,21,27)(H2,22,23,28)/t12-/m1/s1. The van der Waals surface area contributed by atoms with Gasteiger partial charge in [0.15, 0.2) is 5.16 Å². The molecule has 2 heterocycles. The van der Waals surface area contributed by atoms with Crippen molar-refractivity contribution in [1.82, 2.24) is 24.7 Å². The molecule has 0 aliphatic rings. The van der Waals surface area contributed by atoms with Crippen molar-refractivity contribution in [3.8, 4) is 0 Å². The van der Waals surface area contributed by atoms with Crippen LogP contribution in [0.1, 0.15) is 18.3 Å². The number of anilines is 1. The average molecular weight is 408 g/mol. The first-order chi connectivity index (χ1) is 14.0. The van der Waals surface area contributed by atoms with E-state index >= 15 is 0 Å². The molecule has 0 bridgehead atoms. The molecule has 1 amide bonds. The predicted molar refractivity (Wildman–Crippen MR) is 113 cm³/mol. The highest BCUT2D eigenvalue weighted by Crippen LogP contribution is 2.24. The fourth-order valence-corrected chi connectivity index (χ4v) is 3.86. The SMILES string of the molecule is Cc1nnc(S[C@H](C)C(=O)Nc2ccc3[nH]c(=O)[nH]c3c2)n1Cc1ccccc1. The summed E-state index contributed by atoms with van der Waals surface area (Å²) < 4.78 is 2.00. The first-order valence-electron chi connectivity index (χ1n) is 9.13. The number of rotatable bonds is 6. The highest BCUT2D eigenvalue weighted by Gasteiger charge is 2.19. The van der Waals surface area contributed by atoms with Gasteiger partial charge < -0.3 is 19.9 Å². The zero-order chi connectivity index (χ0) is 20.4. The second-order valence-electron chi connectivity index (χ2n) is 6.69. The number of carbonyl (C=O) groups is 1. The predicted octanol–water partition coefficient (Wildman–Crippen LogP) is 2.92. The Hall–Kier alpha value is -3.33. The number of H-pyrrole nitrogens is 2. The van der Waals surface area contributed by atoms with E-state index in [2.05, 4.69) is 25.5 Å². The van der Waals surface area contributed by atoms with Crippen molar-refractivity contribution in [1.29, 1.82) is 0 Å². The fourth-order valence-electron chi connectivity index (χ4n) is 2.96. The van der Waals surface area contributed by atoms with E-state index in [0.29, 0.717) is 28.4 Å². The Labute approximate surface area is 170 Å². The molecule has 0 radical (unpaired) electrons. The number of imidazole rings is 1. The number of benzene rings is 2. The molecule has 4 aromatic rings. The van der Waals surface area contributed by atoms with Crippen LogP contribution in [-0.2, 0) is 11.3 Å². The molecule has 9 heteroatoms. The molecule has 0 saturated heterocycles. The molecule has 4 rings (SSSR count). The van der Waals surface area contributed by atoms with Gasteiger partial charge in [0.2, 0.25) is 5.91 Å². The van der Waals surface area contributed by atoms with Crippen molar-refractivity contribution in [3.05, 3.63) is 70.4 Å². The number of carbonyl (C=O) groups excluding carboxylic acids is 1. The van der Waals surface area contributed by atoms with Gasteiger partial charge in [0, 0.05) is 5.69 Å². The molecule has 0 unspecified atom stereocenters. The molecule has 0 aliphatic heterocycles. The highest BCUT2D eigenvalue weighted by atomic mass is 32.2. The van der Waals surface area contributed by atoms with E-state index in [1.54, 1.807) is 18.2 Å². The van der Waals surface area contributed by atoms with Crippen LogP contribution in [0.5, 0.6) is 0 Å². The lowest BCUT2D eigenvalue weighted by molar-refractivity contribution is -0.115. The number of aromatic nitrogens is 5. The molecule has 8 nitrogen and oxygen atoms in total. The summed E-state index contributed by atoms with van der Waals surface area (Å²) in [6.07, 6.45) is 0. The van der Waals surface area contributed by atoms with Crippen molar-refractivity contribution in [2.75, 3.05) is 5.32 Å². The molecule has 0 spiro atoms. The third kappa shape index (κ3) is 4.24. The Bertz CT molecular complexity index is 1210. The van der Waals surface area contributed by atoms with Gasteiger partial charge in [-0.25, -0.2) is 4.79 Å². The van der Waals surface area contributed by atoms with Gasteiger partial charge in [-0.3, -0.25) is 4.79 Å². The number of aromatic amines is 2. The summed E-state index contributed by atoms with van der Waals surface area (Å²) >= 11 is 1.36. The number of nitrogens with zero attached hydrogens (tertiary/aromatic N) is 3. The van der Waals surface area contributed by atoms with E-state index in [1.165, 1.54) is 11.8 Å². The Morgan fingerprint density at radius 2 is 1.90 bits per heavy atom. The van der Waals surface area contributed by atoms with Crippen molar-refractivity contribution in [2.24, 2.45) is 0 Å². The van der Waals surface area contributed by atoms with Crippen LogP contribution in [0.15, 0.2) is 58.5 Å². The van der Waals surface area contributed by atoms with Crippen LogP contribution in [0.4, 0.5) is 5.69 Å². The molecule has 0 aliphatic carbocycles. The minimum absolute atomic E-state index is 0.154. The molecule has 3 N–H and O–H groups in total.